The third-order valence-corrected chi connectivity index (χ3v) is 4.63. The van der Waals surface area contributed by atoms with Crippen molar-refractivity contribution in [2.75, 3.05) is 46.4 Å². The Hall–Kier alpha value is -1.80. The maximum atomic E-state index is 14.3. The molecule has 0 saturated carbocycles. The molecule has 0 amide bonds. The number of alkyl halides is 1. The standard InChI is InChI=1S/C13H9Cl2FN2O3.C6H15ClN/c1-21-12-6(14)3-2-5(10(12)16)8-4-7(17)9(15)11(18-8)13(19)20;1-8(2,3)6-4-5-7/h2-4H,1H3,(H2,17,18)(H,19,20);4-6H2,1-3H3/q;+1/p-1. The second kappa shape index (κ2) is 10.8. The van der Waals surface area contributed by atoms with E-state index >= 15 is 0 Å². The number of methoxy groups -OCH3 is 1. The minimum atomic E-state index is -1.62. The van der Waals surface area contributed by atoms with Crippen molar-refractivity contribution >= 4 is 46.5 Å². The average molecular weight is 467 g/mol. The SMILES string of the molecule is COc1c(Cl)ccc(-c2cc(N)c(Cl)c(C(=O)[O-])n2)c1F.C[N+](C)(C)CCCCl. The smallest absolute Gasteiger partial charge is 0.175 e. The van der Waals surface area contributed by atoms with Crippen molar-refractivity contribution in [1.29, 1.82) is 0 Å². The molecular weight excluding hydrogens is 444 g/mol. The first-order valence-electron chi connectivity index (χ1n) is 8.49. The van der Waals surface area contributed by atoms with Crippen molar-refractivity contribution in [3.8, 4) is 17.0 Å². The lowest BCUT2D eigenvalue weighted by atomic mass is 10.1. The molecule has 1 aromatic carbocycles. The highest BCUT2D eigenvalue weighted by Crippen LogP contribution is 2.36. The number of benzene rings is 1. The third kappa shape index (κ3) is 7.19. The van der Waals surface area contributed by atoms with Crippen LogP contribution in [-0.4, -0.2) is 56.1 Å². The monoisotopic (exact) mass is 465 g/mol. The van der Waals surface area contributed by atoms with Gasteiger partial charge < -0.3 is 24.9 Å². The van der Waals surface area contributed by atoms with Crippen LogP contribution in [0, 0.1) is 5.82 Å². The van der Waals surface area contributed by atoms with Crippen LogP contribution in [0.4, 0.5) is 10.1 Å². The number of carboxylic acids is 1. The number of ether oxygens (including phenoxy) is 1. The van der Waals surface area contributed by atoms with Crippen LogP contribution in [0.3, 0.4) is 0 Å². The summed E-state index contributed by atoms with van der Waals surface area (Å²) in [6.07, 6.45) is 1.12. The zero-order valence-electron chi connectivity index (χ0n) is 16.6. The number of nitrogens with two attached hydrogens (primary N) is 1. The minimum Gasteiger partial charge on any atom is -0.543 e. The number of nitrogen functional groups attached to an aromatic ring is 1. The van der Waals surface area contributed by atoms with E-state index in [-0.39, 0.29) is 32.7 Å². The van der Waals surface area contributed by atoms with Crippen molar-refractivity contribution in [3.63, 3.8) is 0 Å². The zero-order chi connectivity index (χ0) is 22.4. The number of hydrogen-bond acceptors (Lipinski definition) is 5. The first kappa shape index (κ1) is 25.2. The Labute approximate surface area is 184 Å². The topological polar surface area (TPSA) is 88.3 Å². The molecule has 2 aromatic rings. The van der Waals surface area contributed by atoms with Gasteiger partial charge >= 0.3 is 0 Å². The number of quaternary nitrogens is 1. The summed E-state index contributed by atoms with van der Waals surface area (Å²) in [5, 5.41) is 10.8. The lowest BCUT2D eigenvalue weighted by Gasteiger charge is -2.22. The lowest BCUT2D eigenvalue weighted by Crippen LogP contribution is -2.35. The fourth-order valence-corrected chi connectivity index (χ4v) is 2.79. The number of carboxylic acid groups (broad SMARTS) is 1. The molecule has 0 unspecified atom stereocenters. The van der Waals surface area contributed by atoms with Crippen molar-refractivity contribution in [3.05, 3.63) is 39.8 Å². The quantitative estimate of drug-likeness (QED) is 0.520. The molecule has 0 aliphatic rings. The maximum Gasteiger partial charge on any atom is 0.175 e. The predicted octanol–water partition coefficient (Wildman–Crippen LogP) is 3.47. The highest BCUT2D eigenvalue weighted by atomic mass is 35.5. The van der Waals surface area contributed by atoms with E-state index in [1.54, 1.807) is 0 Å². The lowest BCUT2D eigenvalue weighted by molar-refractivity contribution is -0.870. The van der Waals surface area contributed by atoms with Crippen LogP contribution in [0.5, 0.6) is 5.75 Å². The van der Waals surface area contributed by atoms with Gasteiger partial charge in [0.15, 0.2) is 11.6 Å². The Morgan fingerprint density at radius 3 is 2.38 bits per heavy atom. The molecule has 0 spiro atoms. The average Bonchev–Trinajstić information content (AvgIpc) is 2.62. The Bertz CT molecular complexity index is 874. The van der Waals surface area contributed by atoms with E-state index in [4.69, 9.17) is 45.3 Å². The molecule has 6 nitrogen and oxygen atoms in total. The molecule has 10 heteroatoms. The summed E-state index contributed by atoms with van der Waals surface area (Å²) in [5.41, 5.74) is 4.92. The summed E-state index contributed by atoms with van der Waals surface area (Å²) in [6, 6.07) is 3.97. The van der Waals surface area contributed by atoms with Crippen LogP contribution in [0.15, 0.2) is 18.2 Å². The molecule has 29 heavy (non-hydrogen) atoms. The van der Waals surface area contributed by atoms with Gasteiger partial charge in [0.1, 0.15) is 5.69 Å². The number of halogens is 4. The van der Waals surface area contributed by atoms with Gasteiger partial charge in [-0.1, -0.05) is 23.2 Å². The van der Waals surface area contributed by atoms with Crippen molar-refractivity contribution in [1.82, 2.24) is 4.98 Å². The number of hydrogen-bond donors (Lipinski definition) is 1. The van der Waals surface area contributed by atoms with Gasteiger partial charge in [-0.05, 0) is 18.2 Å². The summed E-state index contributed by atoms with van der Waals surface area (Å²) in [6.45, 7) is 1.17. The van der Waals surface area contributed by atoms with E-state index in [0.29, 0.717) is 0 Å². The number of aromatic nitrogens is 1. The molecule has 2 N–H and O–H groups in total. The number of anilines is 1. The van der Waals surface area contributed by atoms with E-state index in [1.165, 1.54) is 31.9 Å². The van der Waals surface area contributed by atoms with E-state index < -0.39 is 17.5 Å². The van der Waals surface area contributed by atoms with E-state index in [9.17, 15) is 14.3 Å². The predicted molar refractivity (Wildman–Crippen MR) is 113 cm³/mol. The molecule has 160 valence electrons. The number of carbonyl (C=O) groups is 1. The van der Waals surface area contributed by atoms with Crippen LogP contribution in [0.1, 0.15) is 16.9 Å². The number of nitrogens with zero attached hydrogens (tertiary/aromatic N) is 2. The summed E-state index contributed by atoms with van der Waals surface area (Å²) in [5.74, 6) is -1.80. The van der Waals surface area contributed by atoms with Crippen molar-refractivity contribution in [2.24, 2.45) is 0 Å². The van der Waals surface area contributed by atoms with E-state index in [0.717, 1.165) is 16.8 Å². The van der Waals surface area contributed by atoms with Gasteiger partial charge in [0.05, 0.1) is 62.2 Å². The Morgan fingerprint density at radius 2 is 1.93 bits per heavy atom. The first-order chi connectivity index (χ1) is 13.4. The minimum absolute atomic E-state index is 0.0245. The van der Waals surface area contributed by atoms with Crippen molar-refractivity contribution in [2.45, 2.75) is 6.42 Å². The molecule has 0 aliphatic carbocycles. The van der Waals surface area contributed by atoms with Crippen LogP contribution < -0.4 is 15.6 Å². The van der Waals surface area contributed by atoms with Gasteiger partial charge in [-0.2, -0.15) is 0 Å². The highest BCUT2D eigenvalue weighted by Gasteiger charge is 2.18. The third-order valence-electron chi connectivity index (χ3n) is 3.67. The molecule has 0 atom stereocenters. The molecule has 0 bridgehead atoms. The number of aromatic carboxylic acids is 1. The maximum absolute atomic E-state index is 14.3. The molecule has 1 heterocycles. The Balaban J connectivity index is 0.000000447. The van der Waals surface area contributed by atoms with Crippen LogP contribution >= 0.6 is 34.8 Å². The summed E-state index contributed by atoms with van der Waals surface area (Å²) in [7, 11) is 7.77. The second-order valence-corrected chi connectivity index (χ2v) is 8.21. The molecule has 0 saturated heterocycles. The normalized spacial score (nSPS) is 10.9. The van der Waals surface area contributed by atoms with Gasteiger partial charge in [0, 0.05) is 17.9 Å². The van der Waals surface area contributed by atoms with Gasteiger partial charge in [-0.3, -0.25) is 0 Å². The summed E-state index contributed by atoms with van der Waals surface area (Å²) in [4.78, 5) is 14.7. The van der Waals surface area contributed by atoms with Gasteiger partial charge in [-0.15, -0.1) is 11.6 Å². The second-order valence-electron chi connectivity index (χ2n) is 7.05. The fraction of sp³-hybridized carbons (Fsp3) is 0.368. The Kier molecular flexibility index (Phi) is 9.42. The number of pyridine rings is 1. The number of rotatable bonds is 6. The first-order valence-corrected chi connectivity index (χ1v) is 9.78. The van der Waals surface area contributed by atoms with Crippen LogP contribution in [0.25, 0.3) is 11.3 Å². The van der Waals surface area contributed by atoms with Gasteiger partial charge in [0.2, 0.25) is 0 Å². The van der Waals surface area contributed by atoms with Gasteiger partial charge in [0.25, 0.3) is 0 Å². The van der Waals surface area contributed by atoms with E-state index in [1.807, 2.05) is 0 Å². The zero-order valence-corrected chi connectivity index (χ0v) is 18.8. The largest absolute Gasteiger partial charge is 0.543 e. The molecule has 1 aromatic heterocycles. The van der Waals surface area contributed by atoms with E-state index in [2.05, 4.69) is 26.1 Å². The fourth-order valence-electron chi connectivity index (χ4n) is 2.27. The van der Waals surface area contributed by atoms with Crippen LogP contribution in [0.2, 0.25) is 10.0 Å². The van der Waals surface area contributed by atoms with Crippen LogP contribution in [-0.2, 0) is 0 Å². The van der Waals surface area contributed by atoms with Gasteiger partial charge in [-0.25, -0.2) is 9.37 Å². The molecule has 2 rings (SSSR count). The Morgan fingerprint density at radius 1 is 1.31 bits per heavy atom. The van der Waals surface area contributed by atoms with Crippen molar-refractivity contribution < 1.29 is 23.5 Å². The molecule has 0 radical (unpaired) electrons. The molecular formula is C19H23Cl3FN3O3. The molecule has 0 fully saturated rings. The number of carbonyl (C=O) groups excluding carboxylic acids is 1. The summed E-state index contributed by atoms with van der Waals surface area (Å²) >= 11 is 17.0. The molecule has 0 aliphatic heterocycles. The highest BCUT2D eigenvalue weighted by molar-refractivity contribution is 6.35. The summed E-state index contributed by atoms with van der Waals surface area (Å²) < 4.78 is 20.2.